The van der Waals surface area contributed by atoms with Crippen LogP contribution in [0.1, 0.15) is 40.5 Å². The first-order valence-electron chi connectivity index (χ1n) is 8.83. The van der Waals surface area contributed by atoms with Gasteiger partial charge in [-0.3, -0.25) is 4.79 Å². The van der Waals surface area contributed by atoms with E-state index in [0.29, 0.717) is 13.1 Å². The SMILES string of the molecule is O=C(c1ccc(C(F)(F)F)cc1)N1CCCC(c2nc3ccccc3[nH]2)C1. The number of hydrogen-bond acceptors (Lipinski definition) is 2. The molecule has 4 rings (SSSR count). The number of halogens is 3. The molecule has 27 heavy (non-hydrogen) atoms. The van der Waals surface area contributed by atoms with Crippen LogP contribution in [0.15, 0.2) is 48.5 Å². The number of rotatable bonds is 2. The number of para-hydroxylation sites is 2. The maximum absolute atomic E-state index is 12.7. The van der Waals surface area contributed by atoms with E-state index in [1.807, 2.05) is 24.3 Å². The fourth-order valence-electron chi connectivity index (χ4n) is 3.54. The van der Waals surface area contributed by atoms with Crippen LogP contribution in [0.25, 0.3) is 11.0 Å². The van der Waals surface area contributed by atoms with Crippen molar-refractivity contribution in [2.45, 2.75) is 24.9 Å². The Bertz CT molecular complexity index is 930. The largest absolute Gasteiger partial charge is 0.416 e. The molecule has 1 saturated heterocycles. The molecule has 0 bridgehead atoms. The summed E-state index contributed by atoms with van der Waals surface area (Å²) in [6, 6.07) is 12.1. The summed E-state index contributed by atoms with van der Waals surface area (Å²) in [5.41, 5.74) is 1.36. The lowest BCUT2D eigenvalue weighted by molar-refractivity contribution is -0.137. The van der Waals surface area contributed by atoms with Gasteiger partial charge in [0.1, 0.15) is 5.82 Å². The molecule has 140 valence electrons. The van der Waals surface area contributed by atoms with Crippen LogP contribution >= 0.6 is 0 Å². The number of likely N-dealkylation sites (tertiary alicyclic amines) is 1. The number of alkyl halides is 3. The molecule has 1 atom stereocenters. The Morgan fingerprint density at radius 1 is 1.11 bits per heavy atom. The minimum atomic E-state index is -4.40. The molecule has 1 aliphatic heterocycles. The van der Waals surface area contributed by atoms with Crippen LogP contribution in [0.2, 0.25) is 0 Å². The summed E-state index contributed by atoms with van der Waals surface area (Å²) in [5, 5.41) is 0. The number of carbonyl (C=O) groups excluding carboxylic acids is 1. The Hall–Kier alpha value is -2.83. The fourth-order valence-corrected chi connectivity index (χ4v) is 3.54. The maximum atomic E-state index is 12.7. The van der Waals surface area contributed by atoms with Gasteiger partial charge in [-0.25, -0.2) is 4.98 Å². The van der Waals surface area contributed by atoms with Gasteiger partial charge in [0.05, 0.1) is 16.6 Å². The number of amides is 1. The predicted molar refractivity (Wildman–Crippen MR) is 95.4 cm³/mol. The third kappa shape index (κ3) is 3.54. The lowest BCUT2D eigenvalue weighted by Crippen LogP contribution is -2.39. The second-order valence-corrected chi connectivity index (χ2v) is 6.80. The highest BCUT2D eigenvalue weighted by Gasteiger charge is 2.31. The average molecular weight is 373 g/mol. The molecule has 0 radical (unpaired) electrons. The van der Waals surface area contributed by atoms with Gasteiger partial charge < -0.3 is 9.88 Å². The van der Waals surface area contributed by atoms with Gasteiger partial charge in [-0.15, -0.1) is 0 Å². The molecule has 1 aliphatic rings. The molecule has 0 aliphatic carbocycles. The summed E-state index contributed by atoms with van der Waals surface area (Å²) < 4.78 is 38.1. The second kappa shape index (κ2) is 6.72. The van der Waals surface area contributed by atoms with E-state index in [1.165, 1.54) is 12.1 Å². The van der Waals surface area contributed by atoms with Crippen LogP contribution < -0.4 is 0 Å². The average Bonchev–Trinajstić information content (AvgIpc) is 3.11. The van der Waals surface area contributed by atoms with E-state index in [9.17, 15) is 18.0 Å². The molecule has 1 N–H and O–H groups in total. The van der Waals surface area contributed by atoms with Crippen molar-refractivity contribution in [2.75, 3.05) is 13.1 Å². The van der Waals surface area contributed by atoms with E-state index >= 15 is 0 Å². The number of carbonyl (C=O) groups is 1. The summed E-state index contributed by atoms with van der Waals surface area (Å²) in [7, 11) is 0. The van der Waals surface area contributed by atoms with E-state index in [1.54, 1.807) is 4.90 Å². The van der Waals surface area contributed by atoms with E-state index < -0.39 is 11.7 Å². The van der Waals surface area contributed by atoms with E-state index in [0.717, 1.165) is 41.8 Å². The lowest BCUT2D eigenvalue weighted by Gasteiger charge is -2.32. The molecule has 4 nitrogen and oxygen atoms in total. The van der Waals surface area contributed by atoms with Crippen molar-refractivity contribution in [1.29, 1.82) is 0 Å². The molecule has 0 saturated carbocycles. The van der Waals surface area contributed by atoms with Gasteiger partial charge in [0, 0.05) is 24.6 Å². The van der Waals surface area contributed by atoms with Crippen LogP contribution in [0, 0.1) is 0 Å². The molecule has 1 fully saturated rings. The topological polar surface area (TPSA) is 49.0 Å². The van der Waals surface area contributed by atoms with Gasteiger partial charge in [-0.2, -0.15) is 13.2 Å². The van der Waals surface area contributed by atoms with Crippen LogP contribution in [0.4, 0.5) is 13.2 Å². The zero-order chi connectivity index (χ0) is 19.0. The van der Waals surface area contributed by atoms with Gasteiger partial charge in [0.25, 0.3) is 5.91 Å². The Morgan fingerprint density at radius 2 is 1.85 bits per heavy atom. The van der Waals surface area contributed by atoms with Gasteiger partial charge >= 0.3 is 6.18 Å². The molecule has 1 unspecified atom stereocenters. The van der Waals surface area contributed by atoms with E-state index in [4.69, 9.17) is 0 Å². The number of benzene rings is 2. The lowest BCUT2D eigenvalue weighted by atomic mass is 9.96. The second-order valence-electron chi connectivity index (χ2n) is 6.80. The number of piperidine rings is 1. The highest BCUT2D eigenvalue weighted by Crippen LogP contribution is 2.30. The van der Waals surface area contributed by atoms with Crippen molar-refractivity contribution >= 4 is 16.9 Å². The molecule has 2 aromatic carbocycles. The van der Waals surface area contributed by atoms with E-state index in [2.05, 4.69) is 9.97 Å². The standard InChI is InChI=1S/C20H18F3N3O/c21-20(22,23)15-9-7-13(8-10-15)19(27)26-11-3-4-14(12-26)18-24-16-5-1-2-6-17(16)25-18/h1-2,5-10,14H,3-4,11-12H2,(H,24,25). The quantitative estimate of drug-likeness (QED) is 0.714. The summed E-state index contributed by atoms with van der Waals surface area (Å²) in [4.78, 5) is 22.4. The number of hydrogen-bond donors (Lipinski definition) is 1. The summed E-state index contributed by atoms with van der Waals surface area (Å²) >= 11 is 0. The molecular weight excluding hydrogens is 355 g/mol. The van der Waals surface area contributed by atoms with Gasteiger partial charge in [0.15, 0.2) is 0 Å². The molecule has 3 aromatic rings. The Labute approximate surface area is 154 Å². The van der Waals surface area contributed by atoms with Crippen molar-refractivity contribution in [1.82, 2.24) is 14.9 Å². The molecule has 1 amide bonds. The van der Waals surface area contributed by atoms with Crippen molar-refractivity contribution in [2.24, 2.45) is 0 Å². The number of imidazole rings is 1. The van der Waals surface area contributed by atoms with Crippen LogP contribution in [-0.4, -0.2) is 33.9 Å². The van der Waals surface area contributed by atoms with Crippen molar-refractivity contribution < 1.29 is 18.0 Å². The predicted octanol–water partition coefficient (Wildman–Crippen LogP) is 4.60. The number of aromatic amines is 1. The first kappa shape index (κ1) is 17.6. The number of fused-ring (bicyclic) bond motifs is 1. The number of nitrogens with one attached hydrogen (secondary N) is 1. The Balaban J connectivity index is 1.51. The number of nitrogens with zero attached hydrogens (tertiary/aromatic N) is 2. The van der Waals surface area contributed by atoms with Crippen LogP contribution in [-0.2, 0) is 6.18 Å². The zero-order valence-corrected chi connectivity index (χ0v) is 14.5. The smallest absolute Gasteiger partial charge is 0.342 e. The van der Waals surface area contributed by atoms with Gasteiger partial charge in [0.2, 0.25) is 0 Å². The third-order valence-electron chi connectivity index (χ3n) is 4.96. The molecule has 1 aromatic heterocycles. The monoisotopic (exact) mass is 373 g/mol. The number of aromatic nitrogens is 2. The fraction of sp³-hybridized carbons (Fsp3) is 0.300. The highest BCUT2D eigenvalue weighted by atomic mass is 19.4. The number of H-pyrrole nitrogens is 1. The molecular formula is C20H18F3N3O. The highest BCUT2D eigenvalue weighted by molar-refractivity contribution is 5.94. The van der Waals surface area contributed by atoms with Gasteiger partial charge in [-0.1, -0.05) is 12.1 Å². The van der Waals surface area contributed by atoms with Crippen LogP contribution in [0.3, 0.4) is 0 Å². The van der Waals surface area contributed by atoms with E-state index in [-0.39, 0.29) is 17.4 Å². The molecule has 7 heteroatoms. The minimum absolute atomic E-state index is 0.0875. The van der Waals surface area contributed by atoms with Gasteiger partial charge in [-0.05, 0) is 49.2 Å². The van der Waals surface area contributed by atoms with Crippen molar-refractivity contribution in [3.05, 3.63) is 65.5 Å². The van der Waals surface area contributed by atoms with Crippen LogP contribution in [0.5, 0.6) is 0 Å². The summed E-state index contributed by atoms with van der Waals surface area (Å²) in [5.74, 6) is 0.690. The first-order valence-corrected chi connectivity index (χ1v) is 8.83. The summed E-state index contributed by atoms with van der Waals surface area (Å²) in [6.07, 6.45) is -2.66. The normalized spacial score (nSPS) is 18.0. The third-order valence-corrected chi connectivity index (χ3v) is 4.96. The first-order chi connectivity index (χ1) is 12.9. The Kier molecular flexibility index (Phi) is 4.37. The Morgan fingerprint density at radius 3 is 2.56 bits per heavy atom. The molecule has 0 spiro atoms. The summed E-state index contributed by atoms with van der Waals surface area (Å²) in [6.45, 7) is 1.09. The van der Waals surface area contributed by atoms with Crippen molar-refractivity contribution in [3.63, 3.8) is 0 Å². The zero-order valence-electron chi connectivity index (χ0n) is 14.5. The maximum Gasteiger partial charge on any atom is 0.416 e. The van der Waals surface area contributed by atoms with Crippen molar-refractivity contribution in [3.8, 4) is 0 Å². The minimum Gasteiger partial charge on any atom is -0.342 e. The molecule has 2 heterocycles.